The molecule has 3 aromatic rings. The molecule has 20 heavy (non-hydrogen) atoms. The molecule has 0 unspecified atom stereocenters. The van der Waals surface area contributed by atoms with E-state index >= 15 is 0 Å². The van der Waals surface area contributed by atoms with Crippen LogP contribution in [0.4, 0.5) is 6.01 Å². The Hall–Kier alpha value is -2.33. The van der Waals surface area contributed by atoms with Crippen LogP contribution >= 0.6 is 11.6 Å². The normalized spacial score (nSPS) is 11.8. The first-order valence-corrected chi connectivity index (χ1v) is 6.52. The first-order valence-electron chi connectivity index (χ1n) is 6.14. The molecule has 5 heteroatoms. The molecular formula is C15H12ClN3O. The van der Waals surface area contributed by atoms with E-state index in [1.54, 1.807) is 0 Å². The number of halogens is 1. The van der Waals surface area contributed by atoms with Crippen LogP contribution in [0.1, 0.15) is 12.5 Å². The Balaban J connectivity index is 1.80. The van der Waals surface area contributed by atoms with Crippen LogP contribution in [0.25, 0.3) is 11.1 Å². The highest BCUT2D eigenvalue weighted by molar-refractivity contribution is 6.30. The van der Waals surface area contributed by atoms with Crippen molar-refractivity contribution in [1.82, 2.24) is 4.98 Å². The van der Waals surface area contributed by atoms with Crippen LogP contribution in [0, 0.1) is 0 Å². The molecule has 2 aromatic carbocycles. The van der Waals surface area contributed by atoms with Gasteiger partial charge in [0, 0.05) is 5.02 Å². The molecule has 3 rings (SSSR count). The number of hydrazone groups is 1. The fourth-order valence-electron chi connectivity index (χ4n) is 1.81. The summed E-state index contributed by atoms with van der Waals surface area (Å²) < 4.78 is 5.52. The zero-order chi connectivity index (χ0) is 13.9. The van der Waals surface area contributed by atoms with Crippen LogP contribution in [0.3, 0.4) is 0 Å². The summed E-state index contributed by atoms with van der Waals surface area (Å²) in [6.07, 6.45) is 0. The number of hydrogen-bond donors (Lipinski definition) is 1. The third-order valence-electron chi connectivity index (χ3n) is 2.88. The maximum Gasteiger partial charge on any atom is 0.316 e. The van der Waals surface area contributed by atoms with Crippen molar-refractivity contribution < 1.29 is 4.42 Å². The van der Waals surface area contributed by atoms with Gasteiger partial charge in [-0.25, -0.2) is 5.43 Å². The number of nitrogens with one attached hydrogen (secondary N) is 1. The predicted molar refractivity (Wildman–Crippen MR) is 81.3 cm³/mol. The van der Waals surface area contributed by atoms with Crippen LogP contribution in [-0.4, -0.2) is 10.7 Å². The molecule has 0 spiro atoms. The molecule has 100 valence electrons. The summed E-state index contributed by atoms with van der Waals surface area (Å²) >= 11 is 5.85. The maximum atomic E-state index is 5.85. The Bertz CT molecular complexity index is 729. The highest BCUT2D eigenvalue weighted by Gasteiger charge is 2.04. The number of oxazole rings is 1. The number of nitrogens with zero attached hydrogens (tertiary/aromatic N) is 2. The molecule has 0 amide bonds. The summed E-state index contributed by atoms with van der Waals surface area (Å²) in [7, 11) is 0. The van der Waals surface area contributed by atoms with E-state index in [0.29, 0.717) is 11.0 Å². The zero-order valence-electron chi connectivity index (χ0n) is 10.8. The first-order chi connectivity index (χ1) is 9.72. The Labute approximate surface area is 121 Å². The molecule has 0 bridgehead atoms. The highest BCUT2D eigenvalue weighted by atomic mass is 35.5. The van der Waals surface area contributed by atoms with Crippen molar-refractivity contribution in [3.05, 3.63) is 59.1 Å². The number of para-hydroxylation sites is 2. The lowest BCUT2D eigenvalue weighted by molar-refractivity contribution is 0.617. The van der Waals surface area contributed by atoms with Gasteiger partial charge in [-0.1, -0.05) is 35.9 Å². The number of aromatic nitrogens is 1. The highest BCUT2D eigenvalue weighted by Crippen LogP contribution is 2.18. The molecule has 0 aliphatic carbocycles. The summed E-state index contributed by atoms with van der Waals surface area (Å²) in [5, 5.41) is 4.96. The van der Waals surface area contributed by atoms with Crippen LogP contribution < -0.4 is 5.43 Å². The Morgan fingerprint density at radius 1 is 1.15 bits per heavy atom. The van der Waals surface area contributed by atoms with Gasteiger partial charge in [-0.3, -0.25) is 0 Å². The number of anilines is 1. The van der Waals surface area contributed by atoms with Gasteiger partial charge in [-0.2, -0.15) is 10.1 Å². The number of rotatable bonds is 3. The van der Waals surface area contributed by atoms with E-state index in [0.717, 1.165) is 22.4 Å². The first kappa shape index (κ1) is 12.7. The minimum absolute atomic E-state index is 0.375. The van der Waals surface area contributed by atoms with Crippen molar-refractivity contribution in [1.29, 1.82) is 0 Å². The van der Waals surface area contributed by atoms with Gasteiger partial charge in [-0.15, -0.1) is 0 Å². The largest absolute Gasteiger partial charge is 0.422 e. The summed E-state index contributed by atoms with van der Waals surface area (Å²) in [4.78, 5) is 4.29. The van der Waals surface area contributed by atoms with Gasteiger partial charge in [0.25, 0.3) is 0 Å². The molecular weight excluding hydrogens is 274 g/mol. The number of benzene rings is 2. The molecule has 4 nitrogen and oxygen atoms in total. The lowest BCUT2D eigenvalue weighted by Gasteiger charge is -2.00. The van der Waals surface area contributed by atoms with Gasteiger partial charge >= 0.3 is 6.01 Å². The third-order valence-corrected chi connectivity index (χ3v) is 3.13. The molecule has 1 aromatic heterocycles. The standard InChI is InChI=1S/C15H12ClN3O/c1-10(11-6-8-12(16)9-7-11)18-19-15-17-13-4-2-3-5-14(13)20-15/h2-9H,1H3,(H,17,19)/b18-10+. The van der Waals surface area contributed by atoms with Gasteiger partial charge < -0.3 is 4.42 Å². The summed E-state index contributed by atoms with van der Waals surface area (Å²) in [5.74, 6) is 0. The van der Waals surface area contributed by atoms with Gasteiger partial charge in [0.05, 0.1) is 5.71 Å². The maximum absolute atomic E-state index is 5.85. The smallest absolute Gasteiger partial charge is 0.316 e. The molecule has 1 heterocycles. The second-order valence-electron chi connectivity index (χ2n) is 4.30. The second-order valence-corrected chi connectivity index (χ2v) is 4.74. The van der Waals surface area contributed by atoms with E-state index in [2.05, 4.69) is 15.5 Å². The predicted octanol–water partition coefficient (Wildman–Crippen LogP) is 4.32. The molecule has 1 N–H and O–H groups in total. The van der Waals surface area contributed by atoms with Crippen molar-refractivity contribution in [2.75, 3.05) is 5.43 Å². The molecule has 0 fully saturated rings. The lowest BCUT2D eigenvalue weighted by Crippen LogP contribution is -1.99. The fourth-order valence-corrected chi connectivity index (χ4v) is 1.93. The van der Waals surface area contributed by atoms with E-state index in [9.17, 15) is 0 Å². The van der Waals surface area contributed by atoms with Crippen LogP contribution in [0.5, 0.6) is 0 Å². The lowest BCUT2D eigenvalue weighted by atomic mass is 10.1. The fraction of sp³-hybridized carbons (Fsp3) is 0.0667. The van der Waals surface area contributed by atoms with Crippen molar-refractivity contribution in [3.8, 4) is 0 Å². The Morgan fingerprint density at radius 2 is 1.90 bits per heavy atom. The summed E-state index contributed by atoms with van der Waals surface area (Å²) in [6, 6.07) is 15.4. The van der Waals surface area contributed by atoms with Crippen LogP contribution in [0.15, 0.2) is 58.0 Å². The molecule has 0 atom stereocenters. The van der Waals surface area contributed by atoms with E-state index in [-0.39, 0.29) is 0 Å². The van der Waals surface area contributed by atoms with Gasteiger partial charge in [-0.05, 0) is 36.8 Å². The average Bonchev–Trinajstić information content (AvgIpc) is 2.88. The van der Waals surface area contributed by atoms with Crippen LogP contribution in [0.2, 0.25) is 5.02 Å². The minimum atomic E-state index is 0.375. The second kappa shape index (κ2) is 5.35. The Kier molecular flexibility index (Phi) is 3.39. The van der Waals surface area contributed by atoms with Crippen molar-refractivity contribution in [3.63, 3.8) is 0 Å². The van der Waals surface area contributed by atoms with Gasteiger partial charge in [0.1, 0.15) is 5.52 Å². The van der Waals surface area contributed by atoms with E-state index < -0.39 is 0 Å². The van der Waals surface area contributed by atoms with E-state index in [1.165, 1.54) is 0 Å². The minimum Gasteiger partial charge on any atom is -0.422 e. The monoisotopic (exact) mass is 285 g/mol. The van der Waals surface area contributed by atoms with E-state index in [4.69, 9.17) is 16.0 Å². The molecule has 0 aliphatic rings. The summed E-state index contributed by atoms with van der Waals surface area (Å²) in [6.45, 7) is 1.90. The Morgan fingerprint density at radius 3 is 2.65 bits per heavy atom. The van der Waals surface area contributed by atoms with Gasteiger partial charge in [0.15, 0.2) is 5.58 Å². The van der Waals surface area contributed by atoms with Crippen molar-refractivity contribution in [2.45, 2.75) is 6.92 Å². The quantitative estimate of drug-likeness (QED) is 0.576. The van der Waals surface area contributed by atoms with Gasteiger partial charge in [0.2, 0.25) is 0 Å². The van der Waals surface area contributed by atoms with Crippen molar-refractivity contribution in [2.24, 2.45) is 5.10 Å². The molecule has 0 saturated heterocycles. The van der Waals surface area contributed by atoms with Crippen LogP contribution in [-0.2, 0) is 0 Å². The van der Waals surface area contributed by atoms with Crippen molar-refractivity contribution >= 4 is 34.4 Å². The SMILES string of the molecule is C/C(=N\Nc1nc2ccccc2o1)c1ccc(Cl)cc1. The number of fused-ring (bicyclic) bond motifs is 1. The third kappa shape index (κ3) is 2.65. The molecule has 0 radical (unpaired) electrons. The number of hydrogen-bond acceptors (Lipinski definition) is 4. The summed E-state index contributed by atoms with van der Waals surface area (Å²) in [5.41, 5.74) is 6.16. The zero-order valence-corrected chi connectivity index (χ0v) is 11.6. The molecule has 0 aliphatic heterocycles. The topological polar surface area (TPSA) is 50.4 Å². The van der Waals surface area contributed by atoms with E-state index in [1.807, 2.05) is 55.5 Å². The molecule has 0 saturated carbocycles. The average molecular weight is 286 g/mol.